The van der Waals surface area contributed by atoms with Gasteiger partial charge in [0.15, 0.2) is 0 Å². The number of hydrogen-bond donors (Lipinski definition) is 1. The molecule has 0 aliphatic carbocycles. The minimum Gasteiger partial charge on any atom is -0.497 e. The van der Waals surface area contributed by atoms with Gasteiger partial charge in [-0.2, -0.15) is 0 Å². The summed E-state index contributed by atoms with van der Waals surface area (Å²) in [6, 6.07) is 8.50. The number of anilines is 1. The second kappa shape index (κ2) is 5.91. The maximum Gasteiger partial charge on any atom is 0.257 e. The van der Waals surface area contributed by atoms with Crippen molar-refractivity contribution >= 4 is 34.8 Å². The zero-order valence-corrected chi connectivity index (χ0v) is 11.5. The Bertz CT molecular complexity index is 617. The molecule has 0 radical (unpaired) electrons. The third-order valence-corrected chi connectivity index (χ3v) is 3.07. The molecule has 2 aromatic rings. The van der Waals surface area contributed by atoms with E-state index in [1.807, 2.05) is 0 Å². The summed E-state index contributed by atoms with van der Waals surface area (Å²) in [5.41, 5.74) is 0.952. The SMILES string of the molecule is COc1cccc(NC(=O)c2cnc(Cl)c(Cl)c2)c1. The molecule has 1 aromatic carbocycles. The molecule has 0 saturated carbocycles. The summed E-state index contributed by atoms with van der Waals surface area (Å²) in [5.74, 6) is 0.337. The molecule has 0 aliphatic heterocycles. The number of rotatable bonds is 3. The van der Waals surface area contributed by atoms with Gasteiger partial charge >= 0.3 is 0 Å². The normalized spacial score (nSPS) is 10.1. The van der Waals surface area contributed by atoms with Crippen LogP contribution in [0, 0.1) is 0 Å². The van der Waals surface area contributed by atoms with Crippen LogP contribution in [0.4, 0.5) is 5.69 Å². The molecule has 19 heavy (non-hydrogen) atoms. The average Bonchev–Trinajstić information content (AvgIpc) is 2.42. The molecule has 2 rings (SSSR count). The number of ether oxygens (including phenoxy) is 1. The van der Waals surface area contributed by atoms with Crippen LogP contribution in [-0.2, 0) is 0 Å². The quantitative estimate of drug-likeness (QED) is 0.880. The van der Waals surface area contributed by atoms with E-state index in [0.29, 0.717) is 17.0 Å². The summed E-state index contributed by atoms with van der Waals surface area (Å²) in [7, 11) is 1.56. The lowest BCUT2D eigenvalue weighted by Crippen LogP contribution is -2.12. The molecule has 0 unspecified atom stereocenters. The number of pyridine rings is 1. The number of nitrogens with zero attached hydrogens (tertiary/aromatic N) is 1. The van der Waals surface area contributed by atoms with Crippen molar-refractivity contribution < 1.29 is 9.53 Å². The molecule has 4 nitrogen and oxygen atoms in total. The Hall–Kier alpha value is -1.78. The number of hydrogen-bond acceptors (Lipinski definition) is 3. The lowest BCUT2D eigenvalue weighted by Gasteiger charge is -2.07. The van der Waals surface area contributed by atoms with Gasteiger partial charge < -0.3 is 10.1 Å². The maximum absolute atomic E-state index is 12.0. The Morgan fingerprint density at radius 2 is 2.11 bits per heavy atom. The second-order valence-corrected chi connectivity index (χ2v) is 4.45. The first-order chi connectivity index (χ1) is 9.10. The van der Waals surface area contributed by atoms with Crippen molar-refractivity contribution in [3.05, 3.63) is 52.3 Å². The van der Waals surface area contributed by atoms with Crippen molar-refractivity contribution in [2.75, 3.05) is 12.4 Å². The highest BCUT2D eigenvalue weighted by molar-refractivity contribution is 6.41. The zero-order chi connectivity index (χ0) is 13.8. The molecule has 1 amide bonds. The van der Waals surface area contributed by atoms with E-state index in [1.54, 1.807) is 31.4 Å². The van der Waals surface area contributed by atoms with Gasteiger partial charge in [0.25, 0.3) is 5.91 Å². The van der Waals surface area contributed by atoms with E-state index < -0.39 is 0 Å². The maximum atomic E-state index is 12.0. The molecule has 1 aromatic heterocycles. The van der Waals surface area contributed by atoms with Crippen molar-refractivity contribution in [2.24, 2.45) is 0 Å². The highest BCUT2D eigenvalue weighted by Crippen LogP contribution is 2.21. The molecular formula is C13H10Cl2N2O2. The first-order valence-electron chi connectivity index (χ1n) is 5.36. The smallest absolute Gasteiger partial charge is 0.257 e. The van der Waals surface area contributed by atoms with Gasteiger partial charge in [-0.25, -0.2) is 4.98 Å². The number of carbonyl (C=O) groups is 1. The Balaban J connectivity index is 2.18. The molecule has 1 heterocycles. The van der Waals surface area contributed by atoms with Crippen molar-refractivity contribution in [1.82, 2.24) is 4.98 Å². The molecule has 6 heteroatoms. The predicted octanol–water partition coefficient (Wildman–Crippen LogP) is 3.65. The van der Waals surface area contributed by atoms with Crippen LogP contribution in [0.2, 0.25) is 10.2 Å². The van der Waals surface area contributed by atoms with Crippen LogP contribution in [0.15, 0.2) is 36.5 Å². The number of aromatic nitrogens is 1. The standard InChI is InChI=1S/C13H10Cl2N2O2/c1-19-10-4-2-3-9(6-10)17-13(18)8-5-11(14)12(15)16-7-8/h2-7H,1H3,(H,17,18). The first kappa shape index (κ1) is 13.6. The number of carbonyl (C=O) groups excluding carboxylic acids is 1. The minimum atomic E-state index is -0.320. The van der Waals surface area contributed by atoms with E-state index in [9.17, 15) is 4.79 Å². The van der Waals surface area contributed by atoms with E-state index in [-0.39, 0.29) is 16.1 Å². The summed E-state index contributed by atoms with van der Waals surface area (Å²) >= 11 is 11.5. The average molecular weight is 297 g/mol. The highest BCUT2D eigenvalue weighted by Gasteiger charge is 2.09. The van der Waals surface area contributed by atoms with E-state index in [2.05, 4.69) is 10.3 Å². The van der Waals surface area contributed by atoms with Crippen LogP contribution >= 0.6 is 23.2 Å². The molecule has 0 saturated heterocycles. The van der Waals surface area contributed by atoms with E-state index in [4.69, 9.17) is 27.9 Å². The predicted molar refractivity (Wildman–Crippen MR) is 75.2 cm³/mol. The fourth-order valence-electron chi connectivity index (χ4n) is 1.45. The van der Waals surface area contributed by atoms with E-state index in [0.717, 1.165) is 0 Å². The molecule has 0 spiro atoms. The van der Waals surface area contributed by atoms with Gasteiger partial charge in [-0.15, -0.1) is 0 Å². The number of benzene rings is 1. The minimum absolute atomic E-state index is 0.166. The molecular weight excluding hydrogens is 287 g/mol. The van der Waals surface area contributed by atoms with Gasteiger partial charge in [0, 0.05) is 18.0 Å². The molecule has 0 bridgehead atoms. The van der Waals surface area contributed by atoms with Crippen molar-refractivity contribution in [1.29, 1.82) is 0 Å². The first-order valence-corrected chi connectivity index (χ1v) is 6.12. The fraction of sp³-hybridized carbons (Fsp3) is 0.0769. The largest absolute Gasteiger partial charge is 0.497 e. The molecule has 0 aliphatic rings. The number of nitrogens with one attached hydrogen (secondary N) is 1. The second-order valence-electron chi connectivity index (χ2n) is 3.68. The number of methoxy groups -OCH3 is 1. The summed E-state index contributed by atoms with van der Waals surface area (Å²) in [6.45, 7) is 0. The summed E-state index contributed by atoms with van der Waals surface area (Å²) in [4.78, 5) is 15.8. The topological polar surface area (TPSA) is 51.2 Å². The van der Waals surface area contributed by atoms with Gasteiger partial charge in [-0.3, -0.25) is 4.79 Å². The summed E-state index contributed by atoms with van der Waals surface area (Å²) in [6.07, 6.45) is 1.36. The van der Waals surface area contributed by atoms with Gasteiger partial charge in [-0.1, -0.05) is 29.3 Å². The molecule has 0 atom stereocenters. The fourth-order valence-corrected chi connectivity index (χ4v) is 1.72. The zero-order valence-electron chi connectivity index (χ0n) is 9.98. The Morgan fingerprint density at radius 1 is 1.32 bits per heavy atom. The number of amides is 1. The van der Waals surface area contributed by atoms with Crippen LogP contribution in [0.3, 0.4) is 0 Å². The van der Waals surface area contributed by atoms with Crippen molar-refractivity contribution in [3.63, 3.8) is 0 Å². The van der Waals surface area contributed by atoms with Gasteiger partial charge in [0.2, 0.25) is 0 Å². The molecule has 1 N–H and O–H groups in total. The molecule has 0 fully saturated rings. The van der Waals surface area contributed by atoms with Crippen LogP contribution < -0.4 is 10.1 Å². The van der Waals surface area contributed by atoms with Gasteiger partial charge in [0.05, 0.1) is 17.7 Å². The Labute approximate surface area is 120 Å². The Kier molecular flexibility index (Phi) is 4.24. The third-order valence-electron chi connectivity index (χ3n) is 2.39. The van der Waals surface area contributed by atoms with E-state index in [1.165, 1.54) is 12.3 Å². The van der Waals surface area contributed by atoms with Crippen molar-refractivity contribution in [3.8, 4) is 5.75 Å². The van der Waals surface area contributed by atoms with Crippen LogP contribution in [0.25, 0.3) is 0 Å². The summed E-state index contributed by atoms with van der Waals surface area (Å²) < 4.78 is 5.07. The van der Waals surface area contributed by atoms with Crippen LogP contribution in [0.1, 0.15) is 10.4 Å². The van der Waals surface area contributed by atoms with Gasteiger partial charge in [0.1, 0.15) is 10.9 Å². The summed E-state index contributed by atoms with van der Waals surface area (Å²) in [5, 5.41) is 3.12. The molecule has 98 valence electrons. The highest BCUT2D eigenvalue weighted by atomic mass is 35.5. The van der Waals surface area contributed by atoms with E-state index >= 15 is 0 Å². The number of halogens is 2. The Morgan fingerprint density at radius 3 is 2.79 bits per heavy atom. The third kappa shape index (κ3) is 3.36. The monoisotopic (exact) mass is 296 g/mol. The van der Waals surface area contributed by atoms with Crippen molar-refractivity contribution in [2.45, 2.75) is 0 Å². The lowest BCUT2D eigenvalue weighted by atomic mass is 10.2. The lowest BCUT2D eigenvalue weighted by molar-refractivity contribution is 0.102. The van der Waals surface area contributed by atoms with Crippen LogP contribution in [-0.4, -0.2) is 18.0 Å². The van der Waals surface area contributed by atoms with Gasteiger partial charge in [-0.05, 0) is 18.2 Å². The van der Waals surface area contributed by atoms with Crippen LogP contribution in [0.5, 0.6) is 5.75 Å².